The van der Waals surface area contributed by atoms with E-state index in [9.17, 15) is 0 Å². The molecule has 1 heterocycles. The number of rotatable bonds is 4. The van der Waals surface area contributed by atoms with Crippen LogP contribution < -0.4 is 11.1 Å². The second-order valence-corrected chi connectivity index (χ2v) is 4.04. The zero-order valence-electron chi connectivity index (χ0n) is 10.2. The van der Waals surface area contributed by atoms with Crippen LogP contribution in [-0.2, 0) is 13.5 Å². The first-order valence-electron chi connectivity index (χ1n) is 5.71. The molecule has 0 spiro atoms. The molecular formula is C13H15N5. The number of nitrogens with zero attached hydrogens (tertiary/aromatic N) is 3. The predicted octanol–water partition coefficient (Wildman–Crippen LogP) is 1.53. The quantitative estimate of drug-likeness (QED) is 0.795. The third-order valence-electron chi connectivity index (χ3n) is 2.81. The highest BCUT2D eigenvalue weighted by atomic mass is 15.3. The number of aromatic nitrogens is 2. The van der Waals surface area contributed by atoms with Crippen LogP contribution in [0.1, 0.15) is 11.3 Å². The lowest BCUT2D eigenvalue weighted by Crippen LogP contribution is -2.08. The van der Waals surface area contributed by atoms with Gasteiger partial charge in [0.1, 0.15) is 6.07 Å². The molecule has 0 radical (unpaired) electrons. The van der Waals surface area contributed by atoms with E-state index < -0.39 is 0 Å². The molecule has 0 bridgehead atoms. The Morgan fingerprint density at radius 2 is 2.28 bits per heavy atom. The number of hydrogen-bond donors (Lipinski definition) is 2. The summed E-state index contributed by atoms with van der Waals surface area (Å²) in [5.41, 5.74) is 8.74. The van der Waals surface area contributed by atoms with Gasteiger partial charge in [0.25, 0.3) is 0 Å². The number of nitrogens with two attached hydrogens (primary N) is 1. The number of nitriles is 1. The first-order chi connectivity index (χ1) is 8.70. The second kappa shape index (κ2) is 5.23. The van der Waals surface area contributed by atoms with Gasteiger partial charge in [-0.05, 0) is 24.3 Å². The third kappa shape index (κ3) is 2.61. The standard InChI is InChI=1S/C13H15N5/c1-18-12(5-7-17-18)4-6-16-11-2-3-13(15)10(8-11)9-14/h2-3,5,7-8,16H,4,6,15H2,1H3. The fraction of sp³-hybridized carbons (Fsp3) is 0.231. The van der Waals surface area contributed by atoms with Crippen molar-refractivity contribution in [1.82, 2.24) is 9.78 Å². The van der Waals surface area contributed by atoms with Gasteiger partial charge in [-0.2, -0.15) is 10.4 Å². The molecule has 5 nitrogen and oxygen atoms in total. The van der Waals surface area contributed by atoms with Crippen LogP contribution in [0.5, 0.6) is 0 Å². The number of nitrogen functional groups attached to an aromatic ring is 1. The van der Waals surface area contributed by atoms with Gasteiger partial charge in [0.2, 0.25) is 0 Å². The lowest BCUT2D eigenvalue weighted by Gasteiger charge is -2.07. The van der Waals surface area contributed by atoms with Crippen molar-refractivity contribution in [1.29, 1.82) is 5.26 Å². The Hall–Kier alpha value is -2.48. The molecule has 92 valence electrons. The SMILES string of the molecule is Cn1nccc1CCNc1ccc(N)c(C#N)c1. The topological polar surface area (TPSA) is 79.7 Å². The fourth-order valence-corrected chi connectivity index (χ4v) is 1.74. The largest absolute Gasteiger partial charge is 0.398 e. The lowest BCUT2D eigenvalue weighted by atomic mass is 10.1. The molecule has 3 N–H and O–H groups in total. The molecule has 18 heavy (non-hydrogen) atoms. The fourth-order valence-electron chi connectivity index (χ4n) is 1.74. The molecule has 2 aromatic rings. The molecule has 0 aliphatic rings. The zero-order valence-corrected chi connectivity index (χ0v) is 10.2. The molecule has 0 unspecified atom stereocenters. The molecule has 1 aromatic heterocycles. The minimum atomic E-state index is 0.500. The summed E-state index contributed by atoms with van der Waals surface area (Å²) in [5.74, 6) is 0. The molecule has 0 aliphatic heterocycles. The first kappa shape index (κ1) is 12.0. The maximum absolute atomic E-state index is 8.89. The minimum Gasteiger partial charge on any atom is -0.398 e. The van der Waals surface area contributed by atoms with Crippen molar-refractivity contribution in [2.24, 2.45) is 7.05 Å². The van der Waals surface area contributed by atoms with Crippen molar-refractivity contribution in [3.8, 4) is 6.07 Å². The van der Waals surface area contributed by atoms with E-state index in [1.165, 1.54) is 5.69 Å². The Morgan fingerprint density at radius 3 is 2.94 bits per heavy atom. The molecule has 0 amide bonds. The van der Waals surface area contributed by atoms with Crippen molar-refractivity contribution in [3.05, 3.63) is 41.7 Å². The Bertz CT molecular complexity index is 579. The smallest absolute Gasteiger partial charge is 0.101 e. The van der Waals surface area contributed by atoms with E-state index in [2.05, 4.69) is 16.5 Å². The van der Waals surface area contributed by atoms with Gasteiger partial charge in [-0.3, -0.25) is 4.68 Å². The van der Waals surface area contributed by atoms with Gasteiger partial charge in [-0.1, -0.05) is 0 Å². The summed E-state index contributed by atoms with van der Waals surface area (Å²) < 4.78 is 1.85. The molecule has 2 rings (SSSR count). The van der Waals surface area contributed by atoms with E-state index in [0.717, 1.165) is 18.7 Å². The van der Waals surface area contributed by atoms with Crippen molar-refractivity contribution in [2.45, 2.75) is 6.42 Å². The molecular weight excluding hydrogens is 226 g/mol. The van der Waals surface area contributed by atoms with E-state index in [4.69, 9.17) is 11.0 Å². The minimum absolute atomic E-state index is 0.500. The van der Waals surface area contributed by atoms with Crippen LogP contribution in [0.2, 0.25) is 0 Å². The molecule has 0 fully saturated rings. The number of aryl methyl sites for hydroxylation is 1. The molecule has 0 aliphatic carbocycles. The van der Waals surface area contributed by atoms with Crippen molar-refractivity contribution in [2.75, 3.05) is 17.6 Å². The first-order valence-corrected chi connectivity index (χ1v) is 5.71. The Labute approximate surface area is 106 Å². The van der Waals surface area contributed by atoms with Crippen LogP contribution in [0.15, 0.2) is 30.5 Å². The van der Waals surface area contributed by atoms with Gasteiger partial charge in [-0.15, -0.1) is 0 Å². The molecule has 0 saturated heterocycles. The average molecular weight is 241 g/mol. The monoisotopic (exact) mass is 241 g/mol. The normalized spacial score (nSPS) is 10.0. The number of benzene rings is 1. The number of hydrogen-bond acceptors (Lipinski definition) is 4. The Morgan fingerprint density at radius 1 is 1.44 bits per heavy atom. The number of nitrogens with one attached hydrogen (secondary N) is 1. The molecule has 1 aromatic carbocycles. The van der Waals surface area contributed by atoms with E-state index >= 15 is 0 Å². The Kier molecular flexibility index (Phi) is 3.49. The van der Waals surface area contributed by atoms with Gasteiger partial charge in [0.05, 0.1) is 5.56 Å². The number of anilines is 2. The van der Waals surface area contributed by atoms with E-state index in [-0.39, 0.29) is 0 Å². The highest BCUT2D eigenvalue weighted by molar-refractivity contribution is 5.61. The molecule has 0 saturated carbocycles. The van der Waals surface area contributed by atoms with Gasteiger partial charge in [-0.25, -0.2) is 0 Å². The maximum atomic E-state index is 8.89. The van der Waals surface area contributed by atoms with Crippen LogP contribution in [0.4, 0.5) is 11.4 Å². The van der Waals surface area contributed by atoms with Crippen molar-refractivity contribution < 1.29 is 0 Å². The zero-order chi connectivity index (χ0) is 13.0. The summed E-state index contributed by atoms with van der Waals surface area (Å²) in [7, 11) is 1.92. The Balaban J connectivity index is 1.95. The van der Waals surface area contributed by atoms with Crippen LogP contribution in [0.25, 0.3) is 0 Å². The maximum Gasteiger partial charge on any atom is 0.101 e. The van der Waals surface area contributed by atoms with Crippen LogP contribution in [0.3, 0.4) is 0 Å². The van der Waals surface area contributed by atoms with Gasteiger partial charge in [0, 0.05) is 43.3 Å². The predicted molar refractivity (Wildman–Crippen MR) is 71.0 cm³/mol. The van der Waals surface area contributed by atoms with Crippen LogP contribution in [0, 0.1) is 11.3 Å². The summed E-state index contributed by atoms with van der Waals surface area (Å²) in [6, 6.07) is 9.44. The summed E-state index contributed by atoms with van der Waals surface area (Å²) in [4.78, 5) is 0. The van der Waals surface area contributed by atoms with E-state index in [0.29, 0.717) is 11.3 Å². The van der Waals surface area contributed by atoms with Crippen LogP contribution in [-0.4, -0.2) is 16.3 Å². The molecule has 0 atom stereocenters. The summed E-state index contributed by atoms with van der Waals surface area (Å²) in [5, 5.41) is 16.3. The highest BCUT2D eigenvalue weighted by Crippen LogP contribution is 2.16. The van der Waals surface area contributed by atoms with Crippen molar-refractivity contribution >= 4 is 11.4 Å². The second-order valence-electron chi connectivity index (χ2n) is 4.04. The molecule has 5 heteroatoms. The van der Waals surface area contributed by atoms with E-state index in [1.807, 2.05) is 23.9 Å². The van der Waals surface area contributed by atoms with Gasteiger partial charge >= 0.3 is 0 Å². The lowest BCUT2D eigenvalue weighted by molar-refractivity contribution is 0.711. The van der Waals surface area contributed by atoms with Gasteiger partial charge in [0.15, 0.2) is 0 Å². The van der Waals surface area contributed by atoms with E-state index in [1.54, 1.807) is 18.3 Å². The van der Waals surface area contributed by atoms with Crippen LogP contribution >= 0.6 is 0 Å². The summed E-state index contributed by atoms with van der Waals surface area (Å²) in [6.07, 6.45) is 2.66. The summed E-state index contributed by atoms with van der Waals surface area (Å²) >= 11 is 0. The summed E-state index contributed by atoms with van der Waals surface area (Å²) in [6.45, 7) is 0.786. The van der Waals surface area contributed by atoms with Gasteiger partial charge < -0.3 is 11.1 Å². The van der Waals surface area contributed by atoms with Crippen molar-refractivity contribution in [3.63, 3.8) is 0 Å². The average Bonchev–Trinajstić information content (AvgIpc) is 2.77. The highest BCUT2D eigenvalue weighted by Gasteiger charge is 2.01. The third-order valence-corrected chi connectivity index (χ3v) is 2.81.